The fourth-order valence-electron chi connectivity index (χ4n) is 3.74. The predicted octanol–water partition coefficient (Wildman–Crippen LogP) is 3.54. The van der Waals surface area contributed by atoms with Crippen LogP contribution >= 0.6 is 11.3 Å². The van der Waals surface area contributed by atoms with E-state index in [0.29, 0.717) is 5.52 Å². The number of hydrogen-bond donors (Lipinski definition) is 0. The van der Waals surface area contributed by atoms with E-state index in [1.165, 1.54) is 6.08 Å². The van der Waals surface area contributed by atoms with Crippen LogP contribution in [0, 0.1) is 5.92 Å². The van der Waals surface area contributed by atoms with Gasteiger partial charge in [0.05, 0.1) is 23.4 Å². The lowest BCUT2D eigenvalue weighted by atomic mass is 9.84. The summed E-state index contributed by atoms with van der Waals surface area (Å²) in [6, 6.07) is 6.61. The number of para-hydroxylation sites is 1. The molecule has 1 aliphatic heterocycles. The number of esters is 1. The molecule has 2 heterocycles. The van der Waals surface area contributed by atoms with Crippen molar-refractivity contribution in [3.8, 4) is 0 Å². The van der Waals surface area contributed by atoms with Crippen LogP contribution in [0.5, 0.6) is 0 Å². The second-order valence-corrected chi connectivity index (χ2v) is 6.89. The van der Waals surface area contributed by atoms with Crippen molar-refractivity contribution in [3.63, 3.8) is 0 Å². The van der Waals surface area contributed by atoms with Crippen molar-refractivity contribution >= 4 is 32.7 Å². The average molecular weight is 354 g/mol. The van der Waals surface area contributed by atoms with Gasteiger partial charge in [-0.1, -0.05) is 35.6 Å². The largest absolute Gasteiger partial charge is 0.467 e. The predicted molar refractivity (Wildman–Crippen MR) is 83.9 cm³/mol. The number of anilines is 1. The quantitative estimate of drug-likeness (QED) is 0.611. The Balaban J connectivity index is 1.94. The summed E-state index contributed by atoms with van der Waals surface area (Å²) in [7, 11) is 0.988. The summed E-state index contributed by atoms with van der Waals surface area (Å²) in [6.07, 6.45) is -1.37. The molecule has 0 spiro atoms. The Morgan fingerprint density at radius 1 is 1.38 bits per heavy atom. The number of nitrogens with zero attached hydrogens (tertiary/aromatic N) is 2. The van der Waals surface area contributed by atoms with E-state index >= 15 is 0 Å². The van der Waals surface area contributed by atoms with Gasteiger partial charge in [0.25, 0.3) is 0 Å². The minimum Gasteiger partial charge on any atom is -0.467 e. The molecular formula is C16H13F3N2O2S. The normalized spacial score (nSPS) is 28.8. The van der Waals surface area contributed by atoms with Gasteiger partial charge < -0.3 is 9.64 Å². The fraction of sp³-hybridized carbons (Fsp3) is 0.375. The summed E-state index contributed by atoms with van der Waals surface area (Å²) in [5.74, 6) is -2.26. The van der Waals surface area contributed by atoms with E-state index in [1.54, 1.807) is 30.3 Å². The molecule has 2 aliphatic rings. The lowest BCUT2D eigenvalue weighted by Crippen LogP contribution is -2.66. The second-order valence-electron chi connectivity index (χ2n) is 5.88. The lowest BCUT2D eigenvalue weighted by Gasteiger charge is -2.42. The summed E-state index contributed by atoms with van der Waals surface area (Å²) in [4.78, 5) is 17.8. The molecule has 1 aliphatic carbocycles. The molecule has 126 valence electrons. The average Bonchev–Trinajstić information content (AvgIpc) is 3.24. The highest BCUT2D eigenvalue weighted by Gasteiger charge is 2.74. The number of benzene rings is 1. The van der Waals surface area contributed by atoms with E-state index in [4.69, 9.17) is 0 Å². The number of carbonyl (C=O) groups excluding carboxylic acids is 1. The molecule has 0 saturated carbocycles. The van der Waals surface area contributed by atoms with Crippen molar-refractivity contribution in [2.75, 3.05) is 12.0 Å². The van der Waals surface area contributed by atoms with Gasteiger partial charge in [-0.2, -0.15) is 13.2 Å². The molecule has 1 saturated heterocycles. The van der Waals surface area contributed by atoms with Gasteiger partial charge in [0.2, 0.25) is 5.54 Å². The van der Waals surface area contributed by atoms with Gasteiger partial charge in [-0.25, -0.2) is 9.78 Å². The van der Waals surface area contributed by atoms with Crippen molar-refractivity contribution in [2.24, 2.45) is 5.92 Å². The van der Waals surface area contributed by atoms with Crippen LogP contribution in [0.25, 0.3) is 10.2 Å². The molecule has 0 amide bonds. The Bertz CT molecular complexity index is 814. The molecule has 4 nitrogen and oxygen atoms in total. The van der Waals surface area contributed by atoms with Crippen LogP contribution in [-0.4, -0.2) is 35.8 Å². The van der Waals surface area contributed by atoms with E-state index < -0.39 is 29.6 Å². The molecular weight excluding hydrogens is 341 g/mol. The first-order valence-corrected chi connectivity index (χ1v) is 8.19. The van der Waals surface area contributed by atoms with Gasteiger partial charge in [0.1, 0.15) is 0 Å². The van der Waals surface area contributed by atoms with Crippen LogP contribution in [0.15, 0.2) is 36.4 Å². The number of hydrogen-bond acceptors (Lipinski definition) is 5. The van der Waals surface area contributed by atoms with Crippen LogP contribution in [0.1, 0.15) is 6.42 Å². The molecule has 1 fully saturated rings. The molecule has 8 heteroatoms. The SMILES string of the molecule is COC(=O)C1(C(F)(F)F)C2C=CC(C2)N1c1nc2ccccc2s1. The maximum Gasteiger partial charge on any atom is 0.423 e. The zero-order valence-electron chi connectivity index (χ0n) is 12.6. The van der Waals surface area contributed by atoms with Crippen LogP contribution in [-0.2, 0) is 9.53 Å². The van der Waals surface area contributed by atoms with Crippen molar-refractivity contribution in [1.29, 1.82) is 0 Å². The van der Waals surface area contributed by atoms with E-state index in [1.807, 2.05) is 0 Å². The van der Waals surface area contributed by atoms with Crippen LogP contribution in [0.3, 0.4) is 0 Å². The smallest absolute Gasteiger partial charge is 0.423 e. The number of halogens is 3. The highest BCUT2D eigenvalue weighted by atomic mass is 32.1. The molecule has 0 radical (unpaired) electrons. The van der Waals surface area contributed by atoms with Crippen LogP contribution < -0.4 is 4.90 Å². The molecule has 1 aromatic carbocycles. The summed E-state index contributed by atoms with van der Waals surface area (Å²) in [5, 5.41) is 0.191. The van der Waals surface area contributed by atoms with Crippen LogP contribution in [0.2, 0.25) is 0 Å². The third-order valence-corrected chi connectivity index (χ3v) is 5.76. The summed E-state index contributed by atoms with van der Waals surface area (Å²) < 4.78 is 47.7. The van der Waals surface area contributed by atoms with E-state index in [2.05, 4.69) is 9.72 Å². The zero-order chi connectivity index (χ0) is 17.1. The monoisotopic (exact) mass is 354 g/mol. The maximum atomic E-state index is 14.1. The third kappa shape index (κ3) is 1.80. The molecule has 0 N–H and O–H groups in total. The first-order valence-electron chi connectivity index (χ1n) is 7.38. The number of methoxy groups -OCH3 is 1. The van der Waals surface area contributed by atoms with Crippen molar-refractivity contribution in [1.82, 2.24) is 4.98 Å². The molecule has 1 aromatic heterocycles. The van der Waals surface area contributed by atoms with Crippen molar-refractivity contribution in [3.05, 3.63) is 36.4 Å². The number of thiazole rings is 1. The molecule has 3 atom stereocenters. The minimum atomic E-state index is -4.78. The summed E-state index contributed by atoms with van der Waals surface area (Å²) in [5.41, 5.74) is -2.10. The Labute approximate surface area is 139 Å². The Morgan fingerprint density at radius 3 is 2.79 bits per heavy atom. The Hall–Kier alpha value is -2.09. The summed E-state index contributed by atoms with van der Waals surface area (Å²) >= 11 is 1.15. The van der Waals surface area contributed by atoms with Crippen molar-refractivity contribution in [2.45, 2.75) is 24.2 Å². The standard InChI is InChI=1S/C16H13F3N2O2S/c1-23-13(22)15(16(17,18)19)9-6-7-10(8-9)21(15)14-20-11-4-2-3-5-12(11)24-14/h2-7,9-10H,8H2,1H3. The van der Waals surface area contributed by atoms with E-state index in [-0.39, 0.29) is 11.6 Å². The van der Waals surface area contributed by atoms with Gasteiger partial charge in [-0.05, 0) is 18.6 Å². The van der Waals surface area contributed by atoms with Gasteiger partial charge in [-0.3, -0.25) is 0 Å². The highest BCUT2D eigenvalue weighted by molar-refractivity contribution is 7.22. The second kappa shape index (κ2) is 4.95. The number of fused-ring (bicyclic) bond motifs is 3. The topological polar surface area (TPSA) is 42.4 Å². The number of carbonyl (C=O) groups is 1. The molecule has 3 unspecified atom stereocenters. The molecule has 4 rings (SSSR count). The lowest BCUT2D eigenvalue weighted by molar-refractivity contribution is -0.208. The Morgan fingerprint density at radius 2 is 2.12 bits per heavy atom. The first-order chi connectivity index (χ1) is 11.4. The third-order valence-electron chi connectivity index (χ3n) is 4.73. The van der Waals surface area contributed by atoms with Gasteiger partial charge in [-0.15, -0.1) is 0 Å². The number of ether oxygens (including phenoxy) is 1. The number of rotatable bonds is 2. The first kappa shape index (κ1) is 15.4. The van der Waals surface area contributed by atoms with E-state index in [0.717, 1.165) is 28.0 Å². The van der Waals surface area contributed by atoms with Gasteiger partial charge >= 0.3 is 12.1 Å². The zero-order valence-corrected chi connectivity index (χ0v) is 13.4. The number of alkyl halides is 3. The van der Waals surface area contributed by atoms with E-state index in [9.17, 15) is 18.0 Å². The van der Waals surface area contributed by atoms with Gasteiger partial charge in [0, 0.05) is 5.92 Å². The molecule has 24 heavy (non-hydrogen) atoms. The van der Waals surface area contributed by atoms with Crippen LogP contribution in [0.4, 0.5) is 18.3 Å². The van der Waals surface area contributed by atoms with Gasteiger partial charge in [0.15, 0.2) is 5.13 Å². The Kier molecular flexibility index (Phi) is 3.19. The molecule has 2 bridgehead atoms. The summed E-state index contributed by atoms with van der Waals surface area (Å²) in [6.45, 7) is 0. The fourth-order valence-corrected chi connectivity index (χ4v) is 4.83. The number of aromatic nitrogens is 1. The molecule has 2 aromatic rings. The minimum absolute atomic E-state index is 0.191. The van der Waals surface area contributed by atoms with Crippen molar-refractivity contribution < 1.29 is 22.7 Å². The highest BCUT2D eigenvalue weighted by Crippen LogP contribution is 2.56. The maximum absolute atomic E-state index is 14.1.